The molecule has 0 saturated heterocycles. The predicted octanol–water partition coefficient (Wildman–Crippen LogP) is 4.05. The van der Waals surface area contributed by atoms with Crippen molar-refractivity contribution in [2.75, 3.05) is 17.7 Å². The predicted molar refractivity (Wildman–Crippen MR) is 128 cm³/mol. The molecule has 0 spiro atoms. The van der Waals surface area contributed by atoms with Crippen LogP contribution in [0.2, 0.25) is 0 Å². The number of hydrogen-bond donors (Lipinski definition) is 2. The molecular formula is C22H25FN6O3S2. The summed E-state index contributed by atoms with van der Waals surface area (Å²) in [7, 11) is 0. The second-order valence-corrected chi connectivity index (χ2v) is 9.91. The maximum absolute atomic E-state index is 13.2. The fourth-order valence-corrected chi connectivity index (χ4v) is 5.18. The molecule has 2 heterocycles. The Labute approximate surface area is 204 Å². The molecule has 1 fully saturated rings. The molecule has 2 aromatic heterocycles. The molecule has 0 bridgehead atoms. The highest BCUT2D eigenvalue weighted by atomic mass is 32.2. The lowest BCUT2D eigenvalue weighted by Gasteiger charge is -2.22. The van der Waals surface area contributed by atoms with Gasteiger partial charge in [-0.3, -0.25) is 14.9 Å². The average molecular weight is 505 g/mol. The first kappa shape index (κ1) is 24.1. The summed E-state index contributed by atoms with van der Waals surface area (Å²) in [4.78, 5) is 25.0. The molecule has 180 valence electrons. The summed E-state index contributed by atoms with van der Waals surface area (Å²) in [5, 5.41) is 18.4. The van der Waals surface area contributed by atoms with Crippen LogP contribution in [0.3, 0.4) is 0 Å². The smallest absolute Gasteiger partial charge is 0.281 e. The largest absolute Gasteiger partial charge is 0.490 e. The van der Waals surface area contributed by atoms with Gasteiger partial charge in [-0.05, 0) is 44.0 Å². The normalized spacial score (nSPS) is 14.1. The van der Waals surface area contributed by atoms with Crippen LogP contribution in [0.15, 0.2) is 34.8 Å². The first-order valence-corrected chi connectivity index (χ1v) is 12.9. The second kappa shape index (κ2) is 11.4. The van der Waals surface area contributed by atoms with E-state index in [9.17, 15) is 14.0 Å². The minimum atomic E-state index is -0.507. The summed E-state index contributed by atoms with van der Waals surface area (Å²) in [5.41, 5.74) is 0.657. The average Bonchev–Trinajstić information content (AvgIpc) is 3.46. The summed E-state index contributed by atoms with van der Waals surface area (Å²) in [6.45, 7) is 2.15. The zero-order valence-electron chi connectivity index (χ0n) is 18.6. The number of aromatic nitrogens is 4. The van der Waals surface area contributed by atoms with Gasteiger partial charge < -0.3 is 10.1 Å². The quantitative estimate of drug-likeness (QED) is 0.334. The Morgan fingerprint density at radius 2 is 1.97 bits per heavy atom. The molecule has 4 rings (SSSR count). The summed E-state index contributed by atoms with van der Waals surface area (Å²) in [6.07, 6.45) is 7.18. The molecule has 34 heavy (non-hydrogen) atoms. The van der Waals surface area contributed by atoms with E-state index in [1.165, 1.54) is 46.3 Å². The lowest BCUT2D eigenvalue weighted by molar-refractivity contribution is -0.119. The number of amides is 2. The monoisotopic (exact) mass is 504 g/mol. The third-order valence-corrected chi connectivity index (χ3v) is 7.18. The van der Waals surface area contributed by atoms with E-state index < -0.39 is 5.91 Å². The Morgan fingerprint density at radius 3 is 2.71 bits per heavy atom. The number of nitrogens with zero attached hydrogens (tertiary/aromatic N) is 4. The van der Waals surface area contributed by atoms with Crippen LogP contribution in [0.4, 0.5) is 9.52 Å². The molecule has 9 nitrogen and oxygen atoms in total. The van der Waals surface area contributed by atoms with E-state index in [2.05, 4.69) is 25.9 Å². The number of halogens is 1. The number of nitrogens with one attached hydrogen (secondary N) is 2. The fourth-order valence-electron chi connectivity index (χ4n) is 3.62. The van der Waals surface area contributed by atoms with Gasteiger partial charge in [0.25, 0.3) is 5.91 Å². The van der Waals surface area contributed by atoms with Gasteiger partial charge in [0.15, 0.2) is 15.8 Å². The van der Waals surface area contributed by atoms with E-state index in [-0.39, 0.29) is 29.2 Å². The first-order valence-electron chi connectivity index (χ1n) is 11.1. The van der Waals surface area contributed by atoms with Crippen molar-refractivity contribution in [1.29, 1.82) is 0 Å². The Hall–Kier alpha value is -2.99. The van der Waals surface area contributed by atoms with Crippen molar-refractivity contribution < 1.29 is 18.7 Å². The van der Waals surface area contributed by atoms with Crippen molar-refractivity contribution in [2.24, 2.45) is 0 Å². The number of carbonyl (C=O) groups excluding carboxylic acids is 2. The van der Waals surface area contributed by atoms with Gasteiger partial charge in [0, 0.05) is 6.04 Å². The zero-order chi connectivity index (χ0) is 23.9. The number of thioether (sulfide) groups is 1. The summed E-state index contributed by atoms with van der Waals surface area (Å²) in [5.74, 6) is -0.356. The Kier molecular flexibility index (Phi) is 8.12. The number of hydrogen-bond acceptors (Lipinski definition) is 8. The Morgan fingerprint density at radius 1 is 1.21 bits per heavy atom. The highest BCUT2D eigenvalue weighted by Crippen LogP contribution is 2.27. The molecule has 0 unspecified atom stereocenters. The van der Waals surface area contributed by atoms with E-state index in [4.69, 9.17) is 4.74 Å². The van der Waals surface area contributed by atoms with Gasteiger partial charge in [-0.2, -0.15) is 5.10 Å². The van der Waals surface area contributed by atoms with E-state index in [0.29, 0.717) is 27.5 Å². The first-order chi connectivity index (χ1) is 16.5. The van der Waals surface area contributed by atoms with Crippen LogP contribution in [0.5, 0.6) is 5.75 Å². The van der Waals surface area contributed by atoms with Crippen LogP contribution < -0.4 is 15.4 Å². The highest BCUT2D eigenvalue weighted by Gasteiger charge is 2.21. The summed E-state index contributed by atoms with van der Waals surface area (Å²) >= 11 is 2.46. The summed E-state index contributed by atoms with van der Waals surface area (Å²) < 4.78 is 20.8. The van der Waals surface area contributed by atoms with E-state index >= 15 is 0 Å². The van der Waals surface area contributed by atoms with Gasteiger partial charge in [-0.25, -0.2) is 9.07 Å². The molecule has 1 aliphatic carbocycles. The lowest BCUT2D eigenvalue weighted by atomic mass is 9.95. The highest BCUT2D eigenvalue weighted by molar-refractivity contribution is 8.01. The van der Waals surface area contributed by atoms with Crippen LogP contribution in [0.25, 0.3) is 5.69 Å². The maximum atomic E-state index is 13.2. The van der Waals surface area contributed by atoms with Gasteiger partial charge in [-0.15, -0.1) is 10.2 Å². The van der Waals surface area contributed by atoms with Crippen LogP contribution >= 0.6 is 23.1 Å². The van der Waals surface area contributed by atoms with Crippen molar-refractivity contribution >= 4 is 40.0 Å². The number of carbonyl (C=O) groups is 2. The molecule has 12 heteroatoms. The van der Waals surface area contributed by atoms with Crippen molar-refractivity contribution in [3.63, 3.8) is 0 Å². The van der Waals surface area contributed by atoms with Crippen LogP contribution in [0.1, 0.15) is 49.5 Å². The molecule has 3 aromatic rings. The summed E-state index contributed by atoms with van der Waals surface area (Å²) in [6, 6.07) is 6.00. The van der Waals surface area contributed by atoms with E-state index in [1.54, 1.807) is 25.3 Å². The Bertz CT molecular complexity index is 1130. The van der Waals surface area contributed by atoms with Crippen molar-refractivity contribution in [2.45, 2.75) is 49.4 Å². The third-order valence-electron chi connectivity index (χ3n) is 5.21. The molecule has 0 aliphatic heterocycles. The maximum Gasteiger partial charge on any atom is 0.281 e. The Balaban J connectivity index is 1.36. The van der Waals surface area contributed by atoms with Crippen molar-refractivity contribution in [3.05, 3.63) is 42.0 Å². The second-order valence-electron chi connectivity index (χ2n) is 7.71. The zero-order valence-corrected chi connectivity index (χ0v) is 20.3. The van der Waals surface area contributed by atoms with Crippen LogP contribution in [-0.4, -0.2) is 50.2 Å². The SMILES string of the molecule is CCOc1cn(-c2ccc(F)cc2)nc1C(=O)Nc1nnc(SCC(=O)NC2CCCCC2)s1. The fraction of sp³-hybridized carbons (Fsp3) is 0.409. The number of rotatable bonds is 9. The van der Waals surface area contributed by atoms with Gasteiger partial charge >= 0.3 is 0 Å². The van der Waals surface area contributed by atoms with Crippen LogP contribution in [-0.2, 0) is 4.79 Å². The minimum Gasteiger partial charge on any atom is -0.490 e. The number of ether oxygens (including phenoxy) is 1. The third kappa shape index (κ3) is 6.32. The van der Waals surface area contributed by atoms with Crippen molar-refractivity contribution in [3.8, 4) is 11.4 Å². The molecular weight excluding hydrogens is 479 g/mol. The lowest BCUT2D eigenvalue weighted by Crippen LogP contribution is -2.37. The van der Waals surface area contributed by atoms with E-state index in [0.717, 1.165) is 25.7 Å². The van der Waals surface area contributed by atoms with Gasteiger partial charge in [0.1, 0.15) is 5.82 Å². The molecule has 2 amide bonds. The molecule has 1 aliphatic rings. The molecule has 1 aromatic carbocycles. The number of anilines is 1. The van der Waals surface area contributed by atoms with Crippen molar-refractivity contribution in [1.82, 2.24) is 25.3 Å². The molecule has 2 N–H and O–H groups in total. The van der Waals surface area contributed by atoms with Gasteiger partial charge in [-0.1, -0.05) is 42.4 Å². The van der Waals surface area contributed by atoms with Gasteiger partial charge in [0.05, 0.1) is 24.2 Å². The minimum absolute atomic E-state index is 0.0228. The standard InChI is InChI=1S/C22H25FN6O3S2/c1-2-32-17-12-29(16-10-8-14(23)9-11-16)28-19(17)20(31)25-21-26-27-22(34-21)33-13-18(30)24-15-6-4-3-5-7-15/h8-12,15H,2-7,13H2,1H3,(H,24,30)(H,25,26,31). The van der Waals surface area contributed by atoms with Gasteiger partial charge in [0.2, 0.25) is 11.0 Å². The molecule has 0 radical (unpaired) electrons. The molecule has 0 atom stereocenters. The molecule has 1 saturated carbocycles. The van der Waals surface area contributed by atoms with E-state index in [1.807, 2.05) is 0 Å². The van der Waals surface area contributed by atoms with Crippen LogP contribution in [0, 0.1) is 5.82 Å². The number of benzene rings is 1. The topological polar surface area (TPSA) is 111 Å².